The average Bonchev–Trinajstić information content (AvgIpc) is 2.25. The second-order valence-electron chi connectivity index (χ2n) is 3.97. The summed E-state index contributed by atoms with van der Waals surface area (Å²) in [5.41, 5.74) is 1.57. The van der Waals surface area contributed by atoms with Gasteiger partial charge in [0.15, 0.2) is 11.6 Å². The van der Waals surface area contributed by atoms with Gasteiger partial charge < -0.3 is 5.11 Å². The maximum Gasteiger partial charge on any atom is 0.307 e. The van der Waals surface area contributed by atoms with Gasteiger partial charge in [0.05, 0.1) is 6.42 Å². The van der Waals surface area contributed by atoms with Crippen LogP contribution in [-0.2, 0) is 11.2 Å². The highest BCUT2D eigenvalue weighted by Gasteiger charge is 2.23. The third-order valence-electron chi connectivity index (χ3n) is 2.66. The molecule has 1 aliphatic carbocycles. The molecule has 1 aromatic rings. The summed E-state index contributed by atoms with van der Waals surface area (Å²) in [6.07, 6.45) is 1.13. The fraction of sp³-hybridized carbons (Fsp3) is 0.154. The van der Waals surface area contributed by atoms with Crippen molar-refractivity contribution in [2.24, 2.45) is 0 Å². The van der Waals surface area contributed by atoms with Crippen LogP contribution in [-0.4, -0.2) is 22.6 Å². The van der Waals surface area contributed by atoms with E-state index in [4.69, 9.17) is 5.11 Å². The SMILES string of the molecule is CC1=CC(=O)c2cc(CC(=O)O)ccc2C1=O. The van der Waals surface area contributed by atoms with Crippen molar-refractivity contribution in [3.63, 3.8) is 0 Å². The van der Waals surface area contributed by atoms with Gasteiger partial charge in [0, 0.05) is 16.7 Å². The van der Waals surface area contributed by atoms with Gasteiger partial charge in [0.25, 0.3) is 0 Å². The molecule has 0 radical (unpaired) electrons. The van der Waals surface area contributed by atoms with Crippen LogP contribution in [0, 0.1) is 0 Å². The summed E-state index contributed by atoms with van der Waals surface area (Å²) in [5, 5.41) is 8.67. The average molecular weight is 230 g/mol. The highest BCUT2D eigenvalue weighted by molar-refractivity contribution is 6.24. The Hall–Kier alpha value is -2.23. The molecule has 1 aliphatic rings. The van der Waals surface area contributed by atoms with Gasteiger partial charge in [-0.2, -0.15) is 0 Å². The minimum atomic E-state index is -0.966. The first-order valence-electron chi connectivity index (χ1n) is 5.11. The summed E-state index contributed by atoms with van der Waals surface area (Å²) in [6, 6.07) is 4.56. The first-order chi connectivity index (χ1) is 7.99. The Morgan fingerprint density at radius 1 is 1.24 bits per heavy atom. The molecule has 0 unspecified atom stereocenters. The van der Waals surface area contributed by atoms with Crippen LogP contribution in [0.15, 0.2) is 29.8 Å². The van der Waals surface area contributed by atoms with E-state index < -0.39 is 5.97 Å². The predicted molar refractivity (Wildman–Crippen MR) is 60.2 cm³/mol. The van der Waals surface area contributed by atoms with Gasteiger partial charge in [-0.25, -0.2) is 0 Å². The molecule has 0 saturated heterocycles. The van der Waals surface area contributed by atoms with E-state index in [2.05, 4.69) is 0 Å². The lowest BCUT2D eigenvalue weighted by Crippen LogP contribution is -2.16. The topological polar surface area (TPSA) is 71.4 Å². The van der Waals surface area contributed by atoms with E-state index in [-0.39, 0.29) is 18.0 Å². The van der Waals surface area contributed by atoms with E-state index in [1.165, 1.54) is 18.2 Å². The zero-order valence-corrected chi connectivity index (χ0v) is 9.19. The summed E-state index contributed by atoms with van der Waals surface area (Å²) in [6.45, 7) is 1.59. The van der Waals surface area contributed by atoms with Gasteiger partial charge in [0.1, 0.15) is 0 Å². The van der Waals surface area contributed by atoms with E-state index in [1.807, 2.05) is 0 Å². The molecule has 0 aliphatic heterocycles. The van der Waals surface area contributed by atoms with E-state index in [0.29, 0.717) is 22.3 Å². The van der Waals surface area contributed by atoms with Gasteiger partial charge >= 0.3 is 5.97 Å². The maximum atomic E-state index is 11.8. The molecule has 0 spiro atoms. The second-order valence-corrected chi connectivity index (χ2v) is 3.97. The molecule has 0 atom stereocenters. The van der Waals surface area contributed by atoms with Crippen molar-refractivity contribution in [3.05, 3.63) is 46.5 Å². The highest BCUT2D eigenvalue weighted by atomic mass is 16.4. The Kier molecular flexibility index (Phi) is 2.63. The Balaban J connectivity index is 2.49. The zero-order valence-electron chi connectivity index (χ0n) is 9.19. The van der Waals surface area contributed by atoms with Crippen LogP contribution in [0.1, 0.15) is 33.2 Å². The van der Waals surface area contributed by atoms with Crippen LogP contribution in [0.5, 0.6) is 0 Å². The van der Waals surface area contributed by atoms with Crippen molar-refractivity contribution in [2.75, 3.05) is 0 Å². The number of benzene rings is 1. The molecule has 1 N–H and O–H groups in total. The van der Waals surface area contributed by atoms with E-state index in [1.54, 1.807) is 13.0 Å². The molecular formula is C13H10O4. The standard InChI is InChI=1S/C13H10O4/c1-7-4-11(14)10-5-8(6-12(15)16)2-3-9(10)13(7)17/h2-5H,6H2,1H3,(H,15,16). The lowest BCUT2D eigenvalue weighted by atomic mass is 9.88. The number of ketones is 2. The van der Waals surface area contributed by atoms with Gasteiger partial charge in [-0.3, -0.25) is 14.4 Å². The number of carbonyl (C=O) groups is 3. The Morgan fingerprint density at radius 3 is 2.59 bits per heavy atom. The molecule has 0 fully saturated rings. The number of aliphatic carboxylic acids is 1. The minimum Gasteiger partial charge on any atom is -0.481 e. The van der Waals surface area contributed by atoms with Crippen LogP contribution in [0.25, 0.3) is 0 Å². The fourth-order valence-corrected chi connectivity index (χ4v) is 1.83. The predicted octanol–water partition coefficient (Wildman–Crippen LogP) is 1.64. The largest absolute Gasteiger partial charge is 0.481 e. The molecular weight excluding hydrogens is 220 g/mol. The summed E-state index contributed by atoms with van der Waals surface area (Å²) in [4.78, 5) is 34.0. The molecule has 2 rings (SSSR count). The van der Waals surface area contributed by atoms with Crippen LogP contribution in [0.2, 0.25) is 0 Å². The lowest BCUT2D eigenvalue weighted by molar-refractivity contribution is -0.136. The van der Waals surface area contributed by atoms with Gasteiger partial charge in [-0.05, 0) is 24.6 Å². The Bertz CT molecular complexity index is 567. The highest BCUT2D eigenvalue weighted by Crippen LogP contribution is 2.22. The lowest BCUT2D eigenvalue weighted by Gasteiger charge is -2.13. The van der Waals surface area contributed by atoms with Crippen molar-refractivity contribution in [1.29, 1.82) is 0 Å². The molecule has 86 valence electrons. The van der Waals surface area contributed by atoms with Gasteiger partial charge in [0.2, 0.25) is 0 Å². The van der Waals surface area contributed by atoms with Crippen molar-refractivity contribution in [3.8, 4) is 0 Å². The summed E-state index contributed by atoms with van der Waals surface area (Å²) < 4.78 is 0. The third-order valence-corrected chi connectivity index (χ3v) is 2.66. The molecule has 1 aromatic carbocycles. The number of carbonyl (C=O) groups excluding carboxylic acids is 2. The zero-order chi connectivity index (χ0) is 12.6. The number of carboxylic acid groups (broad SMARTS) is 1. The van der Waals surface area contributed by atoms with Gasteiger partial charge in [-0.1, -0.05) is 12.1 Å². The van der Waals surface area contributed by atoms with Crippen LogP contribution < -0.4 is 0 Å². The van der Waals surface area contributed by atoms with Crippen molar-refractivity contribution in [1.82, 2.24) is 0 Å². The van der Waals surface area contributed by atoms with Crippen molar-refractivity contribution >= 4 is 17.5 Å². The second kappa shape index (κ2) is 3.97. The smallest absolute Gasteiger partial charge is 0.307 e. The number of hydrogen-bond acceptors (Lipinski definition) is 3. The van der Waals surface area contributed by atoms with E-state index in [0.717, 1.165) is 0 Å². The summed E-state index contributed by atoms with van der Waals surface area (Å²) in [7, 11) is 0. The number of allylic oxidation sites excluding steroid dienone is 2. The minimum absolute atomic E-state index is 0.155. The number of carboxylic acids is 1. The molecule has 4 heteroatoms. The molecule has 4 nitrogen and oxygen atoms in total. The van der Waals surface area contributed by atoms with Crippen LogP contribution in [0.3, 0.4) is 0 Å². The first-order valence-corrected chi connectivity index (χ1v) is 5.11. The molecule has 0 aromatic heterocycles. The van der Waals surface area contributed by atoms with Crippen LogP contribution in [0.4, 0.5) is 0 Å². The van der Waals surface area contributed by atoms with Crippen LogP contribution >= 0.6 is 0 Å². The fourth-order valence-electron chi connectivity index (χ4n) is 1.83. The quantitative estimate of drug-likeness (QED) is 0.838. The number of rotatable bonds is 2. The number of hydrogen-bond donors (Lipinski definition) is 1. The van der Waals surface area contributed by atoms with Crippen molar-refractivity contribution < 1.29 is 19.5 Å². The third kappa shape index (κ3) is 2.01. The van der Waals surface area contributed by atoms with E-state index >= 15 is 0 Å². The normalized spacial score (nSPS) is 14.3. The number of Topliss-reactive ketones (excluding diaryl/α,β-unsaturated/α-hetero) is 1. The Morgan fingerprint density at radius 2 is 1.94 bits per heavy atom. The molecule has 0 bridgehead atoms. The monoisotopic (exact) mass is 230 g/mol. The Labute approximate surface area is 97.6 Å². The molecule has 0 saturated carbocycles. The van der Waals surface area contributed by atoms with Crippen molar-refractivity contribution in [2.45, 2.75) is 13.3 Å². The first kappa shape index (κ1) is 11.3. The van der Waals surface area contributed by atoms with Gasteiger partial charge in [-0.15, -0.1) is 0 Å². The summed E-state index contributed by atoms with van der Waals surface area (Å²) in [5.74, 6) is -1.39. The summed E-state index contributed by atoms with van der Waals surface area (Å²) >= 11 is 0. The number of fused-ring (bicyclic) bond motifs is 1. The molecule has 0 amide bonds. The van der Waals surface area contributed by atoms with E-state index in [9.17, 15) is 14.4 Å². The maximum absolute atomic E-state index is 11.8. The molecule has 17 heavy (non-hydrogen) atoms. The molecule has 0 heterocycles.